The van der Waals surface area contributed by atoms with Crippen molar-refractivity contribution in [2.75, 3.05) is 14.2 Å². The van der Waals surface area contributed by atoms with Crippen molar-refractivity contribution in [2.45, 2.75) is 0 Å². The fourth-order valence-corrected chi connectivity index (χ4v) is 3.02. The maximum absolute atomic E-state index is 11.3. The molecule has 8 heteroatoms. The molecule has 0 fully saturated rings. The Bertz CT molecular complexity index is 1190. The molecule has 0 bridgehead atoms. The van der Waals surface area contributed by atoms with Crippen LogP contribution in [0.5, 0.6) is 17.2 Å². The molecule has 0 saturated carbocycles. The van der Waals surface area contributed by atoms with Gasteiger partial charge in [-0.1, -0.05) is 35.9 Å². The summed E-state index contributed by atoms with van der Waals surface area (Å²) in [5.74, 6) is 0.410. The van der Waals surface area contributed by atoms with Gasteiger partial charge < -0.3 is 19.7 Å². The summed E-state index contributed by atoms with van der Waals surface area (Å²) in [5, 5.41) is 18.0. The number of aromatic carboxylic acids is 1. The third-order valence-electron chi connectivity index (χ3n) is 4.26. The van der Waals surface area contributed by atoms with Crippen molar-refractivity contribution < 1.29 is 24.5 Å². The summed E-state index contributed by atoms with van der Waals surface area (Å²) >= 11 is 6.26. The molecule has 1 aromatic heterocycles. The van der Waals surface area contributed by atoms with Crippen LogP contribution in [0.2, 0.25) is 5.15 Å². The van der Waals surface area contributed by atoms with Crippen molar-refractivity contribution in [2.24, 2.45) is 0 Å². The smallest absolute Gasteiger partial charge is 0.337 e. The van der Waals surface area contributed by atoms with Crippen LogP contribution in [0.4, 0.5) is 0 Å². The molecule has 158 valence electrons. The van der Waals surface area contributed by atoms with Gasteiger partial charge in [0.15, 0.2) is 5.15 Å². The minimum absolute atomic E-state index is 0.0525. The van der Waals surface area contributed by atoms with Crippen LogP contribution < -0.4 is 9.47 Å². The maximum atomic E-state index is 11.3. The second kappa shape index (κ2) is 9.77. The fraction of sp³-hybridized carbons (Fsp3) is 0.0870. The van der Waals surface area contributed by atoms with Gasteiger partial charge in [-0.25, -0.2) is 14.8 Å². The van der Waals surface area contributed by atoms with Gasteiger partial charge in [0.05, 0.1) is 25.3 Å². The zero-order chi connectivity index (χ0) is 22.4. The number of benzene rings is 3. The number of aromatic hydroxyl groups is 1. The van der Waals surface area contributed by atoms with E-state index in [-0.39, 0.29) is 16.2 Å². The first-order valence-corrected chi connectivity index (χ1v) is 9.47. The van der Waals surface area contributed by atoms with Gasteiger partial charge >= 0.3 is 5.97 Å². The molecule has 0 saturated heterocycles. The quantitative estimate of drug-likeness (QED) is 0.459. The van der Waals surface area contributed by atoms with E-state index in [1.165, 1.54) is 6.07 Å². The third-order valence-corrected chi connectivity index (χ3v) is 4.53. The van der Waals surface area contributed by atoms with Crippen LogP contribution >= 0.6 is 11.6 Å². The Labute approximate surface area is 183 Å². The predicted molar refractivity (Wildman–Crippen MR) is 118 cm³/mol. The number of ether oxygens (including phenoxy) is 2. The molecular weight excluding hydrogens is 420 g/mol. The molecular formula is C23H19ClN2O5. The average molecular weight is 439 g/mol. The van der Waals surface area contributed by atoms with Crippen molar-refractivity contribution in [3.8, 4) is 28.5 Å². The molecule has 0 radical (unpaired) electrons. The lowest BCUT2D eigenvalue weighted by atomic mass is 10.1. The number of nitrogens with zero attached hydrogens (tertiary/aromatic N) is 2. The Kier molecular flexibility index (Phi) is 6.89. The highest BCUT2D eigenvalue weighted by molar-refractivity contribution is 6.32. The van der Waals surface area contributed by atoms with Crippen molar-refractivity contribution in [1.29, 1.82) is 0 Å². The van der Waals surface area contributed by atoms with E-state index in [0.717, 1.165) is 0 Å². The first-order valence-electron chi connectivity index (χ1n) is 9.10. The van der Waals surface area contributed by atoms with Crippen molar-refractivity contribution in [3.63, 3.8) is 0 Å². The van der Waals surface area contributed by atoms with Gasteiger partial charge in [-0.05, 0) is 36.4 Å². The minimum Gasteiger partial charge on any atom is -0.508 e. The van der Waals surface area contributed by atoms with Crippen LogP contribution in [0, 0.1) is 0 Å². The highest BCUT2D eigenvalue weighted by atomic mass is 35.5. The number of phenols is 1. The molecule has 0 aliphatic rings. The summed E-state index contributed by atoms with van der Waals surface area (Å²) in [6.45, 7) is 0. The van der Waals surface area contributed by atoms with Crippen LogP contribution in [0.25, 0.3) is 22.3 Å². The Balaban J connectivity index is 0.000000330. The van der Waals surface area contributed by atoms with Gasteiger partial charge in [0.1, 0.15) is 28.5 Å². The molecule has 2 N–H and O–H groups in total. The molecule has 7 nitrogen and oxygen atoms in total. The van der Waals surface area contributed by atoms with E-state index < -0.39 is 5.97 Å². The van der Waals surface area contributed by atoms with E-state index in [0.29, 0.717) is 34.0 Å². The summed E-state index contributed by atoms with van der Waals surface area (Å²) in [6.07, 6.45) is 0. The number of aromatic nitrogens is 2. The molecule has 3 aromatic carbocycles. The molecule has 0 aliphatic carbocycles. The monoisotopic (exact) mass is 438 g/mol. The number of fused-ring (bicyclic) bond motifs is 1. The largest absolute Gasteiger partial charge is 0.508 e. The summed E-state index contributed by atoms with van der Waals surface area (Å²) in [6, 6.07) is 18.7. The summed E-state index contributed by atoms with van der Waals surface area (Å²) in [7, 11) is 3.09. The lowest BCUT2D eigenvalue weighted by Gasteiger charge is -2.10. The topological polar surface area (TPSA) is 102 Å². The number of carbonyl (C=O) groups is 1. The van der Waals surface area contributed by atoms with E-state index in [1.807, 2.05) is 6.07 Å². The van der Waals surface area contributed by atoms with Gasteiger partial charge in [-0.15, -0.1) is 0 Å². The van der Waals surface area contributed by atoms with Crippen LogP contribution in [-0.2, 0) is 0 Å². The molecule has 4 aromatic rings. The van der Waals surface area contributed by atoms with E-state index in [1.54, 1.807) is 68.8 Å². The zero-order valence-corrected chi connectivity index (χ0v) is 17.5. The summed E-state index contributed by atoms with van der Waals surface area (Å²) < 4.78 is 10.5. The van der Waals surface area contributed by atoms with Crippen LogP contribution in [-0.4, -0.2) is 40.4 Å². The number of rotatable bonds is 4. The van der Waals surface area contributed by atoms with Gasteiger partial charge in [0.2, 0.25) is 0 Å². The lowest BCUT2D eigenvalue weighted by Crippen LogP contribution is -2.01. The Morgan fingerprint density at radius 2 is 1.55 bits per heavy atom. The highest BCUT2D eigenvalue weighted by Gasteiger charge is 2.16. The fourth-order valence-electron chi connectivity index (χ4n) is 2.79. The van der Waals surface area contributed by atoms with Gasteiger partial charge in [-0.2, -0.15) is 0 Å². The number of para-hydroxylation sites is 2. The Morgan fingerprint density at radius 3 is 2.06 bits per heavy atom. The lowest BCUT2D eigenvalue weighted by molar-refractivity contribution is 0.0699. The zero-order valence-electron chi connectivity index (χ0n) is 16.7. The molecule has 4 rings (SSSR count). The molecule has 1 heterocycles. The number of methoxy groups -OCH3 is 2. The van der Waals surface area contributed by atoms with E-state index in [2.05, 4.69) is 9.97 Å². The second-order valence-corrected chi connectivity index (χ2v) is 6.64. The number of halogens is 1. The van der Waals surface area contributed by atoms with Gasteiger partial charge in [-0.3, -0.25) is 0 Å². The number of carboxylic acids is 1. The second-order valence-electron chi connectivity index (χ2n) is 6.28. The standard InChI is InChI=1S/C17H13ClN2O4.C6H6O/c1-23-10-6-9(7-11(8-10)24-2)14-16(18)20-15-12(17(21)22)4-3-5-13(15)19-14;7-6-4-2-1-3-5-6/h3-8H,1-2H3,(H,21,22);1-5,7H. The molecule has 0 spiro atoms. The highest BCUT2D eigenvalue weighted by Crippen LogP contribution is 2.33. The van der Waals surface area contributed by atoms with Crippen LogP contribution in [0.15, 0.2) is 66.7 Å². The molecule has 0 unspecified atom stereocenters. The maximum Gasteiger partial charge on any atom is 0.337 e. The number of phenolic OH excluding ortho intramolecular Hbond substituents is 1. The first-order chi connectivity index (χ1) is 14.9. The van der Waals surface area contributed by atoms with Crippen molar-refractivity contribution in [1.82, 2.24) is 9.97 Å². The summed E-state index contributed by atoms with van der Waals surface area (Å²) in [5.41, 5.74) is 1.82. The third kappa shape index (κ3) is 5.21. The van der Waals surface area contributed by atoms with Crippen LogP contribution in [0.1, 0.15) is 10.4 Å². The minimum atomic E-state index is -1.08. The number of carboxylic acid groups (broad SMARTS) is 1. The van der Waals surface area contributed by atoms with E-state index in [4.69, 9.17) is 26.2 Å². The molecule has 0 aliphatic heterocycles. The van der Waals surface area contributed by atoms with E-state index in [9.17, 15) is 9.90 Å². The molecule has 0 atom stereocenters. The van der Waals surface area contributed by atoms with Crippen molar-refractivity contribution in [3.05, 3.63) is 77.4 Å². The van der Waals surface area contributed by atoms with Crippen LogP contribution in [0.3, 0.4) is 0 Å². The average Bonchev–Trinajstić information content (AvgIpc) is 2.78. The SMILES string of the molecule is COc1cc(OC)cc(-c2nc3cccc(C(=O)O)c3nc2Cl)c1.Oc1ccccc1. The van der Waals surface area contributed by atoms with Gasteiger partial charge in [0, 0.05) is 11.6 Å². The molecule has 31 heavy (non-hydrogen) atoms. The van der Waals surface area contributed by atoms with E-state index >= 15 is 0 Å². The molecule has 0 amide bonds. The Morgan fingerprint density at radius 1 is 0.903 bits per heavy atom. The Hall–Kier alpha value is -3.84. The normalized spacial score (nSPS) is 10.2. The van der Waals surface area contributed by atoms with Gasteiger partial charge in [0.25, 0.3) is 0 Å². The number of hydrogen-bond acceptors (Lipinski definition) is 6. The summed E-state index contributed by atoms with van der Waals surface area (Å²) in [4.78, 5) is 20.0. The van der Waals surface area contributed by atoms with Crippen molar-refractivity contribution >= 4 is 28.6 Å². The first kappa shape index (κ1) is 21.9. The predicted octanol–water partition coefficient (Wildman–Crippen LogP) is 5.06. The number of hydrogen-bond donors (Lipinski definition) is 2.